The Kier molecular flexibility index (Phi) is 6.58. The van der Waals surface area contributed by atoms with Gasteiger partial charge in [0.05, 0.1) is 5.69 Å². The summed E-state index contributed by atoms with van der Waals surface area (Å²) in [5.74, 6) is 0.801. The molecule has 6 nitrogen and oxygen atoms in total. The molecule has 2 rings (SSSR count). The molecular weight excluding hydrogens is 316 g/mol. The fourth-order valence-corrected chi connectivity index (χ4v) is 2.90. The van der Waals surface area contributed by atoms with Gasteiger partial charge >= 0.3 is 6.03 Å². The Bertz CT molecular complexity index is 704. The number of benzene rings is 1. The van der Waals surface area contributed by atoms with Gasteiger partial charge in [-0.2, -0.15) is 0 Å². The Hall–Kier alpha value is -2.34. The molecule has 2 amide bonds. The second-order valence-electron chi connectivity index (χ2n) is 6.55. The van der Waals surface area contributed by atoms with Gasteiger partial charge in [-0.15, -0.1) is 5.10 Å². The highest BCUT2D eigenvalue weighted by Crippen LogP contribution is 2.18. The van der Waals surface area contributed by atoms with Crippen molar-refractivity contribution >= 4 is 11.8 Å². The van der Waals surface area contributed by atoms with Crippen LogP contribution in [-0.4, -0.2) is 34.1 Å². The van der Waals surface area contributed by atoms with E-state index in [9.17, 15) is 4.79 Å². The van der Waals surface area contributed by atoms with Gasteiger partial charge in [0, 0.05) is 24.9 Å². The molecule has 0 bridgehead atoms. The van der Waals surface area contributed by atoms with E-state index in [1.165, 1.54) is 11.1 Å². The Morgan fingerprint density at radius 3 is 2.48 bits per heavy atom. The third kappa shape index (κ3) is 5.32. The highest BCUT2D eigenvalue weighted by Gasteiger charge is 2.11. The number of aryl methyl sites for hydroxylation is 3. The maximum Gasteiger partial charge on any atom is 0.320 e. The van der Waals surface area contributed by atoms with Crippen LogP contribution in [0, 0.1) is 26.7 Å². The quantitative estimate of drug-likeness (QED) is 0.721. The van der Waals surface area contributed by atoms with Crippen LogP contribution in [0.4, 0.5) is 10.6 Å². The zero-order valence-corrected chi connectivity index (χ0v) is 15.5. The van der Waals surface area contributed by atoms with E-state index in [0.29, 0.717) is 18.8 Å². The molecule has 1 atom stereocenters. The summed E-state index contributed by atoms with van der Waals surface area (Å²) in [5.41, 5.74) is 4.28. The van der Waals surface area contributed by atoms with E-state index < -0.39 is 0 Å². The first-order chi connectivity index (χ1) is 11.9. The number of hydrogen-bond donors (Lipinski definition) is 3. The second kappa shape index (κ2) is 8.67. The lowest BCUT2D eigenvalue weighted by Crippen LogP contribution is -2.33. The van der Waals surface area contributed by atoms with Crippen molar-refractivity contribution in [2.45, 2.75) is 40.5 Å². The van der Waals surface area contributed by atoms with E-state index in [1.807, 2.05) is 17.7 Å². The van der Waals surface area contributed by atoms with Gasteiger partial charge in [-0.3, -0.25) is 5.32 Å². The molecule has 0 aliphatic heterocycles. The van der Waals surface area contributed by atoms with Crippen LogP contribution < -0.4 is 10.6 Å². The van der Waals surface area contributed by atoms with E-state index in [2.05, 4.69) is 54.7 Å². The van der Waals surface area contributed by atoms with Crippen LogP contribution in [0.5, 0.6) is 0 Å². The summed E-state index contributed by atoms with van der Waals surface area (Å²) in [6, 6.07) is 7.82. The van der Waals surface area contributed by atoms with Crippen molar-refractivity contribution in [3.8, 4) is 5.69 Å². The van der Waals surface area contributed by atoms with Gasteiger partial charge in [-0.25, -0.2) is 9.48 Å². The molecule has 0 aliphatic carbocycles. The van der Waals surface area contributed by atoms with Crippen molar-refractivity contribution in [3.63, 3.8) is 0 Å². The van der Waals surface area contributed by atoms with Crippen LogP contribution in [0.3, 0.4) is 0 Å². The van der Waals surface area contributed by atoms with Crippen molar-refractivity contribution in [2.24, 2.45) is 5.92 Å². The Balaban J connectivity index is 2.03. The molecular formula is C19H28N4O2. The van der Waals surface area contributed by atoms with Gasteiger partial charge in [0.1, 0.15) is 0 Å². The van der Waals surface area contributed by atoms with Crippen LogP contribution >= 0.6 is 0 Å². The van der Waals surface area contributed by atoms with Crippen molar-refractivity contribution in [3.05, 3.63) is 41.1 Å². The van der Waals surface area contributed by atoms with Gasteiger partial charge < -0.3 is 10.4 Å². The molecule has 3 N–H and O–H groups in total. The van der Waals surface area contributed by atoms with Crippen molar-refractivity contribution in [1.82, 2.24) is 15.1 Å². The van der Waals surface area contributed by atoms with Crippen LogP contribution in [0.25, 0.3) is 5.69 Å². The number of nitrogens with zero attached hydrogens (tertiary/aromatic N) is 2. The number of urea groups is 1. The molecule has 0 spiro atoms. The second-order valence-corrected chi connectivity index (χ2v) is 6.55. The molecule has 0 fully saturated rings. The zero-order chi connectivity index (χ0) is 18.4. The highest BCUT2D eigenvalue weighted by molar-refractivity contribution is 5.88. The molecule has 0 saturated carbocycles. The minimum absolute atomic E-state index is 0.140. The molecule has 2 aromatic rings. The summed E-state index contributed by atoms with van der Waals surface area (Å²) in [7, 11) is 0. The summed E-state index contributed by atoms with van der Waals surface area (Å²) >= 11 is 0. The molecule has 136 valence electrons. The highest BCUT2D eigenvalue weighted by atomic mass is 16.3. The minimum Gasteiger partial charge on any atom is -0.396 e. The molecule has 6 heteroatoms. The number of carbonyl (C=O) groups excluding carboxylic acids is 1. The number of anilines is 1. The standard InChI is InChI=1S/C19H28N4O2/c1-5-16(6-7-24)12-20-19(25)21-18-11-15(4)23(22-18)17-9-13(2)8-14(3)10-17/h8-11,16,24H,5-7,12H2,1-4H3,(H2,20,21,22,25). The van der Waals surface area contributed by atoms with E-state index >= 15 is 0 Å². The van der Waals surface area contributed by atoms with Gasteiger partial charge in [-0.05, 0) is 56.4 Å². The summed E-state index contributed by atoms with van der Waals surface area (Å²) in [4.78, 5) is 12.1. The van der Waals surface area contributed by atoms with Crippen LogP contribution in [0.1, 0.15) is 36.6 Å². The first kappa shape index (κ1) is 19.0. The van der Waals surface area contributed by atoms with E-state index in [-0.39, 0.29) is 18.6 Å². The zero-order valence-electron chi connectivity index (χ0n) is 15.5. The summed E-state index contributed by atoms with van der Waals surface area (Å²) in [6.07, 6.45) is 1.61. The average Bonchev–Trinajstić information content (AvgIpc) is 2.90. The maximum absolute atomic E-state index is 12.1. The minimum atomic E-state index is -0.276. The molecule has 1 aromatic heterocycles. The monoisotopic (exact) mass is 344 g/mol. The average molecular weight is 344 g/mol. The summed E-state index contributed by atoms with van der Waals surface area (Å²) < 4.78 is 1.83. The smallest absolute Gasteiger partial charge is 0.320 e. The summed E-state index contributed by atoms with van der Waals surface area (Å²) in [6.45, 7) is 8.80. The summed E-state index contributed by atoms with van der Waals surface area (Å²) in [5, 5.41) is 19.1. The topological polar surface area (TPSA) is 79.2 Å². The predicted molar refractivity (Wildman–Crippen MR) is 100 cm³/mol. The van der Waals surface area contributed by atoms with Crippen LogP contribution in [0.2, 0.25) is 0 Å². The Morgan fingerprint density at radius 1 is 1.20 bits per heavy atom. The molecule has 0 radical (unpaired) electrons. The molecule has 0 aliphatic rings. The number of aliphatic hydroxyl groups is 1. The Labute approximate surface area is 149 Å². The SMILES string of the molecule is CCC(CCO)CNC(=O)Nc1cc(C)n(-c2cc(C)cc(C)c2)n1. The number of carbonyl (C=O) groups is 1. The van der Waals surface area contributed by atoms with E-state index in [1.54, 1.807) is 0 Å². The lowest BCUT2D eigenvalue weighted by atomic mass is 10.0. The maximum atomic E-state index is 12.1. The van der Waals surface area contributed by atoms with Gasteiger partial charge in [0.15, 0.2) is 5.82 Å². The number of amides is 2. The molecule has 25 heavy (non-hydrogen) atoms. The lowest BCUT2D eigenvalue weighted by Gasteiger charge is -2.14. The normalized spacial score (nSPS) is 12.0. The Morgan fingerprint density at radius 2 is 1.88 bits per heavy atom. The number of aliphatic hydroxyl groups excluding tert-OH is 1. The fraction of sp³-hybridized carbons (Fsp3) is 0.474. The number of rotatable bonds is 7. The number of nitrogens with one attached hydrogen (secondary N) is 2. The third-order valence-electron chi connectivity index (χ3n) is 4.25. The van der Waals surface area contributed by atoms with Gasteiger partial charge in [0.25, 0.3) is 0 Å². The molecule has 1 heterocycles. The molecule has 0 saturated heterocycles. The van der Waals surface area contributed by atoms with Crippen LogP contribution in [0.15, 0.2) is 24.3 Å². The van der Waals surface area contributed by atoms with Crippen molar-refractivity contribution < 1.29 is 9.90 Å². The van der Waals surface area contributed by atoms with Crippen molar-refractivity contribution in [2.75, 3.05) is 18.5 Å². The van der Waals surface area contributed by atoms with E-state index in [0.717, 1.165) is 17.8 Å². The molecule has 1 aromatic carbocycles. The van der Waals surface area contributed by atoms with E-state index in [4.69, 9.17) is 5.11 Å². The third-order valence-corrected chi connectivity index (χ3v) is 4.25. The number of aromatic nitrogens is 2. The fourth-order valence-electron chi connectivity index (χ4n) is 2.90. The largest absolute Gasteiger partial charge is 0.396 e. The lowest BCUT2D eigenvalue weighted by molar-refractivity contribution is 0.238. The van der Waals surface area contributed by atoms with Gasteiger partial charge in [-0.1, -0.05) is 19.4 Å². The van der Waals surface area contributed by atoms with Crippen LogP contribution in [-0.2, 0) is 0 Å². The van der Waals surface area contributed by atoms with Gasteiger partial charge in [0.2, 0.25) is 0 Å². The number of hydrogen-bond acceptors (Lipinski definition) is 3. The van der Waals surface area contributed by atoms with Crippen molar-refractivity contribution in [1.29, 1.82) is 0 Å². The molecule has 1 unspecified atom stereocenters. The first-order valence-corrected chi connectivity index (χ1v) is 8.74. The predicted octanol–water partition coefficient (Wildman–Crippen LogP) is 3.33. The first-order valence-electron chi connectivity index (χ1n) is 8.74.